The summed E-state index contributed by atoms with van der Waals surface area (Å²) in [5.74, 6) is 0.713. The predicted molar refractivity (Wildman–Crippen MR) is 49.9 cm³/mol. The van der Waals surface area contributed by atoms with Gasteiger partial charge in [-0.15, -0.1) is 0 Å². The van der Waals surface area contributed by atoms with Gasteiger partial charge >= 0.3 is 0 Å². The minimum atomic E-state index is 0.326. The predicted octanol–water partition coefficient (Wildman–Crippen LogP) is 2.05. The van der Waals surface area contributed by atoms with Crippen LogP contribution >= 0.6 is 11.6 Å². The van der Waals surface area contributed by atoms with Crippen LogP contribution in [0.5, 0.6) is 5.75 Å². The number of aliphatic imine (C=N–C) groups is 1. The summed E-state index contributed by atoms with van der Waals surface area (Å²) in [5.41, 5.74) is 0. The fourth-order valence-corrected chi connectivity index (χ4v) is 0.912. The molecule has 0 aliphatic heterocycles. The van der Waals surface area contributed by atoms with E-state index in [4.69, 9.17) is 16.3 Å². The normalized spacial score (nSPS) is 9.00. The van der Waals surface area contributed by atoms with Crippen LogP contribution in [-0.2, 0) is 4.79 Å². The number of halogens is 1. The van der Waals surface area contributed by atoms with E-state index in [2.05, 4.69) is 4.99 Å². The lowest BCUT2D eigenvalue weighted by molar-refractivity contribution is 0.328. The maximum atomic E-state index is 9.70. The fourth-order valence-electron chi connectivity index (χ4n) is 0.786. The molecule has 0 aliphatic carbocycles. The second-order valence-corrected chi connectivity index (χ2v) is 2.71. The molecule has 3 nitrogen and oxygen atoms in total. The smallest absolute Gasteiger partial charge is 0.235 e. The molecule has 0 atom stereocenters. The Labute approximate surface area is 81.0 Å². The quantitative estimate of drug-likeness (QED) is 0.421. The number of hydrogen-bond donors (Lipinski definition) is 0. The number of hydrogen-bond acceptors (Lipinski definition) is 3. The van der Waals surface area contributed by atoms with Gasteiger partial charge in [-0.05, 0) is 24.3 Å². The van der Waals surface area contributed by atoms with E-state index >= 15 is 0 Å². The van der Waals surface area contributed by atoms with Crippen LogP contribution in [0.2, 0.25) is 5.02 Å². The van der Waals surface area contributed by atoms with Crippen molar-refractivity contribution in [2.75, 3.05) is 13.2 Å². The van der Waals surface area contributed by atoms with Crippen molar-refractivity contribution in [3.63, 3.8) is 0 Å². The third-order valence-corrected chi connectivity index (χ3v) is 1.60. The van der Waals surface area contributed by atoms with E-state index in [1.54, 1.807) is 24.3 Å². The first-order valence-electron chi connectivity index (χ1n) is 3.75. The molecule has 0 unspecified atom stereocenters. The summed E-state index contributed by atoms with van der Waals surface area (Å²) in [6.07, 6.45) is 1.44. The van der Waals surface area contributed by atoms with E-state index in [9.17, 15) is 4.79 Å². The second kappa shape index (κ2) is 5.36. The Kier molecular flexibility index (Phi) is 4.03. The van der Waals surface area contributed by atoms with Crippen LogP contribution in [0.1, 0.15) is 0 Å². The van der Waals surface area contributed by atoms with Gasteiger partial charge in [0.15, 0.2) is 0 Å². The zero-order valence-corrected chi connectivity index (χ0v) is 7.62. The number of ether oxygens (including phenoxy) is 1. The van der Waals surface area contributed by atoms with E-state index in [1.165, 1.54) is 6.08 Å². The van der Waals surface area contributed by atoms with Gasteiger partial charge in [0.2, 0.25) is 6.08 Å². The van der Waals surface area contributed by atoms with E-state index in [0.29, 0.717) is 23.9 Å². The third kappa shape index (κ3) is 3.74. The molecule has 1 aromatic carbocycles. The van der Waals surface area contributed by atoms with Crippen molar-refractivity contribution in [2.24, 2.45) is 4.99 Å². The average Bonchev–Trinajstić information content (AvgIpc) is 2.15. The molecule has 0 amide bonds. The van der Waals surface area contributed by atoms with Crippen molar-refractivity contribution >= 4 is 17.7 Å². The van der Waals surface area contributed by atoms with Crippen LogP contribution in [0.15, 0.2) is 29.3 Å². The zero-order valence-electron chi connectivity index (χ0n) is 6.87. The summed E-state index contributed by atoms with van der Waals surface area (Å²) in [7, 11) is 0. The number of benzene rings is 1. The van der Waals surface area contributed by atoms with Gasteiger partial charge in [-0.3, -0.25) is 0 Å². The average molecular weight is 198 g/mol. The minimum absolute atomic E-state index is 0.326. The Balaban J connectivity index is 2.37. The van der Waals surface area contributed by atoms with Crippen LogP contribution < -0.4 is 4.74 Å². The van der Waals surface area contributed by atoms with Gasteiger partial charge < -0.3 is 4.74 Å². The van der Waals surface area contributed by atoms with Crippen LogP contribution in [-0.4, -0.2) is 19.2 Å². The Morgan fingerprint density at radius 2 is 2.08 bits per heavy atom. The highest BCUT2D eigenvalue weighted by Crippen LogP contribution is 2.15. The van der Waals surface area contributed by atoms with Gasteiger partial charge in [0.25, 0.3) is 0 Å². The zero-order chi connectivity index (χ0) is 9.52. The molecule has 0 saturated carbocycles. The third-order valence-electron chi connectivity index (χ3n) is 1.35. The van der Waals surface area contributed by atoms with E-state index < -0.39 is 0 Å². The summed E-state index contributed by atoms with van der Waals surface area (Å²) in [6, 6.07) is 6.99. The summed E-state index contributed by atoms with van der Waals surface area (Å²) < 4.78 is 5.23. The molecule has 0 radical (unpaired) electrons. The highest BCUT2D eigenvalue weighted by Gasteiger charge is 1.92. The van der Waals surface area contributed by atoms with E-state index in [0.717, 1.165) is 0 Å². The Morgan fingerprint density at radius 1 is 1.38 bits per heavy atom. The minimum Gasteiger partial charge on any atom is -0.492 e. The standard InChI is InChI=1S/C9H8ClNO2/c10-8-1-3-9(4-2-8)13-6-5-11-7-12/h1-4H,5-6H2. The Bertz CT molecular complexity index is 304. The molecular weight excluding hydrogens is 190 g/mol. The van der Waals surface area contributed by atoms with Crippen molar-refractivity contribution in [3.8, 4) is 5.75 Å². The van der Waals surface area contributed by atoms with Crippen molar-refractivity contribution in [1.29, 1.82) is 0 Å². The Morgan fingerprint density at radius 3 is 2.69 bits per heavy atom. The van der Waals surface area contributed by atoms with Crippen molar-refractivity contribution in [3.05, 3.63) is 29.3 Å². The molecule has 0 aromatic heterocycles. The van der Waals surface area contributed by atoms with Gasteiger partial charge in [0.05, 0.1) is 6.54 Å². The highest BCUT2D eigenvalue weighted by atomic mass is 35.5. The second-order valence-electron chi connectivity index (χ2n) is 2.28. The van der Waals surface area contributed by atoms with Crippen LogP contribution in [0.4, 0.5) is 0 Å². The maximum Gasteiger partial charge on any atom is 0.235 e. The van der Waals surface area contributed by atoms with Crippen LogP contribution in [0.25, 0.3) is 0 Å². The van der Waals surface area contributed by atoms with Gasteiger partial charge in [-0.1, -0.05) is 11.6 Å². The lowest BCUT2D eigenvalue weighted by Crippen LogP contribution is -2.00. The molecule has 0 spiro atoms. The molecule has 4 heteroatoms. The van der Waals surface area contributed by atoms with Crippen LogP contribution in [0.3, 0.4) is 0 Å². The molecule has 0 saturated heterocycles. The monoisotopic (exact) mass is 197 g/mol. The molecule has 0 bridgehead atoms. The molecule has 0 N–H and O–H groups in total. The van der Waals surface area contributed by atoms with Gasteiger partial charge in [-0.25, -0.2) is 9.79 Å². The molecule has 1 rings (SSSR count). The van der Waals surface area contributed by atoms with Gasteiger partial charge in [0, 0.05) is 5.02 Å². The van der Waals surface area contributed by atoms with Crippen molar-refractivity contribution < 1.29 is 9.53 Å². The summed E-state index contributed by atoms with van der Waals surface area (Å²) in [4.78, 5) is 13.0. The molecule has 13 heavy (non-hydrogen) atoms. The summed E-state index contributed by atoms with van der Waals surface area (Å²) in [5, 5.41) is 0.665. The summed E-state index contributed by atoms with van der Waals surface area (Å²) in [6.45, 7) is 0.697. The number of rotatable bonds is 4. The molecule has 1 aromatic rings. The molecule has 68 valence electrons. The number of carbonyl (C=O) groups excluding carboxylic acids is 1. The first-order chi connectivity index (χ1) is 6.33. The van der Waals surface area contributed by atoms with Crippen LogP contribution in [0, 0.1) is 0 Å². The molecule has 0 heterocycles. The summed E-state index contributed by atoms with van der Waals surface area (Å²) >= 11 is 5.67. The van der Waals surface area contributed by atoms with Crippen molar-refractivity contribution in [2.45, 2.75) is 0 Å². The first-order valence-corrected chi connectivity index (χ1v) is 4.13. The lowest BCUT2D eigenvalue weighted by Gasteiger charge is -2.02. The molecule has 0 fully saturated rings. The fraction of sp³-hybridized carbons (Fsp3) is 0.222. The lowest BCUT2D eigenvalue weighted by atomic mass is 10.3. The van der Waals surface area contributed by atoms with Gasteiger partial charge in [-0.2, -0.15) is 0 Å². The topological polar surface area (TPSA) is 38.7 Å². The Hall–Kier alpha value is -1.31. The maximum absolute atomic E-state index is 9.70. The number of isocyanates is 1. The van der Waals surface area contributed by atoms with Crippen molar-refractivity contribution in [1.82, 2.24) is 0 Å². The highest BCUT2D eigenvalue weighted by molar-refractivity contribution is 6.30. The molecule has 0 aliphatic rings. The first kappa shape index (κ1) is 9.78. The van der Waals surface area contributed by atoms with Gasteiger partial charge in [0.1, 0.15) is 12.4 Å². The largest absolute Gasteiger partial charge is 0.492 e. The van der Waals surface area contributed by atoms with E-state index in [-0.39, 0.29) is 0 Å². The SMILES string of the molecule is O=C=NCCOc1ccc(Cl)cc1. The van der Waals surface area contributed by atoms with E-state index in [1.807, 2.05) is 0 Å². The number of nitrogens with zero attached hydrogens (tertiary/aromatic N) is 1. The molecular formula is C9H8ClNO2.